The number of carbonyl (C=O) groups excluding carboxylic acids is 1. The highest BCUT2D eigenvalue weighted by molar-refractivity contribution is 5.99. The summed E-state index contributed by atoms with van der Waals surface area (Å²) in [6, 6.07) is 3.89. The quantitative estimate of drug-likeness (QED) is 0.504. The number of hydrogen-bond acceptors (Lipinski definition) is 5. The summed E-state index contributed by atoms with van der Waals surface area (Å²) < 4.78 is 1.97. The van der Waals surface area contributed by atoms with Crippen LogP contribution in [0.25, 0.3) is 0 Å². The number of aromatic nitrogens is 2. The second-order valence-electron chi connectivity index (χ2n) is 4.79. The molecule has 2 heterocycles. The molecule has 3 rings (SSSR count). The fourth-order valence-electron chi connectivity index (χ4n) is 2.36. The van der Waals surface area contributed by atoms with Gasteiger partial charge < -0.3 is 15.2 Å². The molecule has 1 aromatic carbocycles. The number of rotatable bonds is 2. The van der Waals surface area contributed by atoms with Gasteiger partial charge in [0.2, 0.25) is 0 Å². The summed E-state index contributed by atoms with van der Waals surface area (Å²) in [4.78, 5) is 28.6. The number of imidazole rings is 1. The summed E-state index contributed by atoms with van der Waals surface area (Å²) in [6.45, 7) is 1.54. The van der Waals surface area contributed by atoms with Gasteiger partial charge >= 0.3 is 0 Å². The van der Waals surface area contributed by atoms with Gasteiger partial charge in [0.1, 0.15) is 5.82 Å². The molecule has 2 aromatic rings. The van der Waals surface area contributed by atoms with Gasteiger partial charge in [-0.2, -0.15) is 0 Å². The molecule has 1 amide bonds. The van der Waals surface area contributed by atoms with Crippen molar-refractivity contribution in [3.8, 4) is 0 Å². The minimum absolute atomic E-state index is 0.147. The topological polar surface area (TPSA) is 107 Å². The summed E-state index contributed by atoms with van der Waals surface area (Å²) in [5, 5.41) is 10.8. The Hall–Kier alpha value is -2.90. The molecule has 8 heteroatoms. The number of amides is 1. The normalized spacial score (nSPS) is 13.8. The molecule has 8 nitrogen and oxygen atoms in total. The van der Waals surface area contributed by atoms with Crippen molar-refractivity contribution in [1.29, 1.82) is 0 Å². The van der Waals surface area contributed by atoms with Crippen LogP contribution in [0, 0.1) is 10.1 Å². The van der Waals surface area contributed by atoms with Gasteiger partial charge in [-0.1, -0.05) is 0 Å². The third kappa shape index (κ3) is 2.31. The highest BCUT2D eigenvalue weighted by Crippen LogP contribution is 2.23. The SMILES string of the molecule is Nc1ccc([N+](=O)[O-])cc1C(=O)N1CCn2ccnc2C1. The lowest BCUT2D eigenvalue weighted by Crippen LogP contribution is -2.38. The summed E-state index contributed by atoms with van der Waals surface area (Å²) >= 11 is 0. The number of fused-ring (bicyclic) bond motifs is 1. The zero-order chi connectivity index (χ0) is 15.0. The van der Waals surface area contributed by atoms with Crippen LogP contribution in [0.3, 0.4) is 0 Å². The lowest BCUT2D eigenvalue weighted by Gasteiger charge is -2.28. The molecule has 0 radical (unpaired) electrons. The van der Waals surface area contributed by atoms with Crippen molar-refractivity contribution >= 4 is 17.3 Å². The summed E-state index contributed by atoms with van der Waals surface area (Å²) in [7, 11) is 0. The summed E-state index contributed by atoms with van der Waals surface area (Å²) in [6.07, 6.45) is 3.55. The molecule has 0 unspecified atom stereocenters. The third-order valence-corrected chi connectivity index (χ3v) is 3.51. The Bertz CT molecular complexity index is 724. The zero-order valence-corrected chi connectivity index (χ0v) is 11.1. The zero-order valence-electron chi connectivity index (χ0n) is 11.1. The van der Waals surface area contributed by atoms with Crippen LogP contribution in [0.15, 0.2) is 30.6 Å². The van der Waals surface area contributed by atoms with Crippen LogP contribution in [-0.2, 0) is 13.1 Å². The summed E-state index contributed by atoms with van der Waals surface area (Å²) in [5.41, 5.74) is 6.03. The first-order chi connectivity index (χ1) is 10.1. The van der Waals surface area contributed by atoms with E-state index in [1.54, 1.807) is 11.1 Å². The molecule has 0 spiro atoms. The lowest BCUT2D eigenvalue weighted by atomic mass is 10.1. The standard InChI is InChI=1S/C13H13N5O3/c14-11-2-1-9(18(20)21)7-10(11)13(19)17-6-5-16-4-3-15-12(16)8-17/h1-4,7H,5-6,8,14H2. The Kier molecular flexibility index (Phi) is 3.05. The van der Waals surface area contributed by atoms with E-state index in [1.165, 1.54) is 18.2 Å². The molecule has 0 bridgehead atoms. The van der Waals surface area contributed by atoms with Gasteiger partial charge in [-0.25, -0.2) is 4.98 Å². The number of anilines is 1. The van der Waals surface area contributed by atoms with Gasteiger partial charge in [0.15, 0.2) is 0 Å². The highest BCUT2D eigenvalue weighted by atomic mass is 16.6. The predicted molar refractivity (Wildman–Crippen MR) is 74.5 cm³/mol. The average Bonchev–Trinajstić information content (AvgIpc) is 2.94. The number of nitro benzene ring substituents is 1. The number of carbonyl (C=O) groups is 1. The molecule has 21 heavy (non-hydrogen) atoms. The Labute approximate surface area is 119 Å². The number of non-ortho nitro benzene ring substituents is 1. The number of nitrogens with zero attached hydrogens (tertiary/aromatic N) is 4. The van der Waals surface area contributed by atoms with Crippen LogP contribution in [0.2, 0.25) is 0 Å². The van der Waals surface area contributed by atoms with E-state index in [0.717, 1.165) is 5.82 Å². The third-order valence-electron chi connectivity index (χ3n) is 3.51. The smallest absolute Gasteiger partial charge is 0.270 e. The molecule has 1 aliphatic rings. The maximum absolute atomic E-state index is 12.5. The van der Waals surface area contributed by atoms with Crippen molar-refractivity contribution < 1.29 is 9.72 Å². The van der Waals surface area contributed by atoms with Crippen LogP contribution >= 0.6 is 0 Å². The molecule has 1 aliphatic heterocycles. The Morgan fingerprint density at radius 3 is 2.95 bits per heavy atom. The van der Waals surface area contributed by atoms with Crippen LogP contribution in [0.1, 0.15) is 16.2 Å². The Morgan fingerprint density at radius 1 is 1.38 bits per heavy atom. The molecular weight excluding hydrogens is 274 g/mol. The molecule has 0 aliphatic carbocycles. The van der Waals surface area contributed by atoms with E-state index in [4.69, 9.17) is 5.73 Å². The van der Waals surface area contributed by atoms with E-state index in [2.05, 4.69) is 4.98 Å². The van der Waals surface area contributed by atoms with Crippen molar-refractivity contribution in [3.63, 3.8) is 0 Å². The molecule has 108 valence electrons. The van der Waals surface area contributed by atoms with Gasteiger partial charge in [-0.05, 0) is 6.07 Å². The first kappa shape index (κ1) is 13.1. The van der Waals surface area contributed by atoms with E-state index in [-0.39, 0.29) is 22.8 Å². The van der Waals surface area contributed by atoms with Crippen LogP contribution in [0.5, 0.6) is 0 Å². The molecule has 0 atom stereocenters. The molecule has 0 fully saturated rings. The second kappa shape index (κ2) is 4.89. The minimum atomic E-state index is -0.543. The van der Waals surface area contributed by atoms with Crippen molar-refractivity contribution in [1.82, 2.24) is 14.5 Å². The number of nitrogens with two attached hydrogens (primary N) is 1. The fourth-order valence-corrected chi connectivity index (χ4v) is 2.36. The van der Waals surface area contributed by atoms with Crippen molar-refractivity contribution in [3.05, 3.63) is 52.1 Å². The summed E-state index contributed by atoms with van der Waals surface area (Å²) in [5.74, 6) is 0.476. The van der Waals surface area contributed by atoms with E-state index in [1.807, 2.05) is 10.8 Å². The van der Waals surface area contributed by atoms with Crippen LogP contribution in [0.4, 0.5) is 11.4 Å². The first-order valence-corrected chi connectivity index (χ1v) is 6.39. The van der Waals surface area contributed by atoms with E-state index >= 15 is 0 Å². The van der Waals surface area contributed by atoms with Gasteiger partial charge in [0.25, 0.3) is 11.6 Å². The first-order valence-electron chi connectivity index (χ1n) is 6.39. The number of benzene rings is 1. The average molecular weight is 287 g/mol. The van der Waals surface area contributed by atoms with Crippen molar-refractivity contribution in [2.24, 2.45) is 0 Å². The minimum Gasteiger partial charge on any atom is -0.398 e. The monoisotopic (exact) mass is 287 g/mol. The molecule has 2 N–H and O–H groups in total. The highest BCUT2D eigenvalue weighted by Gasteiger charge is 2.25. The molecular formula is C13H13N5O3. The van der Waals surface area contributed by atoms with Gasteiger partial charge in [-0.3, -0.25) is 14.9 Å². The van der Waals surface area contributed by atoms with E-state index in [0.29, 0.717) is 19.6 Å². The lowest BCUT2D eigenvalue weighted by molar-refractivity contribution is -0.384. The maximum atomic E-state index is 12.5. The predicted octanol–water partition coefficient (Wildman–Crippen LogP) is 1.03. The largest absolute Gasteiger partial charge is 0.398 e. The fraction of sp³-hybridized carbons (Fsp3) is 0.231. The molecule has 0 saturated heterocycles. The number of nitrogen functional groups attached to an aromatic ring is 1. The maximum Gasteiger partial charge on any atom is 0.270 e. The van der Waals surface area contributed by atoms with E-state index in [9.17, 15) is 14.9 Å². The van der Waals surface area contributed by atoms with Crippen molar-refractivity contribution in [2.45, 2.75) is 13.1 Å². The number of nitro groups is 1. The van der Waals surface area contributed by atoms with Crippen LogP contribution < -0.4 is 5.73 Å². The van der Waals surface area contributed by atoms with Crippen molar-refractivity contribution in [2.75, 3.05) is 12.3 Å². The Morgan fingerprint density at radius 2 is 2.19 bits per heavy atom. The van der Waals surface area contributed by atoms with Gasteiger partial charge in [0, 0.05) is 43.3 Å². The van der Waals surface area contributed by atoms with Gasteiger partial charge in [0.05, 0.1) is 17.0 Å². The number of hydrogen-bond donors (Lipinski definition) is 1. The van der Waals surface area contributed by atoms with Crippen LogP contribution in [-0.4, -0.2) is 31.8 Å². The second-order valence-corrected chi connectivity index (χ2v) is 4.79. The molecule has 1 aromatic heterocycles. The van der Waals surface area contributed by atoms with E-state index < -0.39 is 4.92 Å². The van der Waals surface area contributed by atoms with Gasteiger partial charge in [-0.15, -0.1) is 0 Å². The molecule has 0 saturated carbocycles. The Balaban J connectivity index is 1.89.